The molecule has 2 aliphatic rings. The van der Waals surface area contributed by atoms with Gasteiger partial charge in [-0.05, 0) is 55.1 Å². The van der Waals surface area contributed by atoms with Gasteiger partial charge in [-0.2, -0.15) is 5.10 Å². The van der Waals surface area contributed by atoms with Crippen molar-refractivity contribution in [2.24, 2.45) is 0 Å². The zero-order valence-corrected chi connectivity index (χ0v) is 16.5. The van der Waals surface area contributed by atoms with E-state index < -0.39 is 0 Å². The van der Waals surface area contributed by atoms with E-state index in [0.717, 1.165) is 29.4 Å². The van der Waals surface area contributed by atoms with E-state index in [4.69, 9.17) is 9.90 Å². The minimum atomic E-state index is -0.250. The number of Topliss-reactive ketones (excluding diaryl/α,β-unsaturated/α-hetero) is 1. The minimum Gasteiger partial charge on any atom is -0.483 e. The van der Waals surface area contributed by atoms with E-state index >= 15 is 0 Å². The van der Waals surface area contributed by atoms with Crippen LogP contribution in [0.3, 0.4) is 0 Å². The maximum atomic E-state index is 13.1. The molecule has 1 aromatic carbocycles. The topological polar surface area (TPSA) is 98.3 Å². The summed E-state index contributed by atoms with van der Waals surface area (Å²) >= 11 is 1.74. The van der Waals surface area contributed by atoms with E-state index in [9.17, 15) is 4.79 Å². The maximum absolute atomic E-state index is 13.1. The third-order valence-electron chi connectivity index (χ3n) is 5.62. The first kappa shape index (κ1) is 18.8. The van der Waals surface area contributed by atoms with Crippen LogP contribution in [-0.2, 0) is 4.79 Å². The van der Waals surface area contributed by atoms with Gasteiger partial charge in [-0.1, -0.05) is 6.07 Å². The number of aryl methyl sites for hydroxylation is 1. The third-order valence-corrected chi connectivity index (χ3v) is 6.71. The highest BCUT2D eigenvalue weighted by Crippen LogP contribution is 2.33. The van der Waals surface area contributed by atoms with Gasteiger partial charge in [0.25, 0.3) is 6.47 Å². The smallest absolute Gasteiger partial charge is 0.290 e. The summed E-state index contributed by atoms with van der Waals surface area (Å²) in [5.74, 6) is 0.119. The number of hydrogen-bond acceptors (Lipinski definition) is 6. The molecule has 7 nitrogen and oxygen atoms in total. The Bertz CT molecular complexity index is 1030. The van der Waals surface area contributed by atoms with Gasteiger partial charge in [0.05, 0.1) is 11.6 Å². The van der Waals surface area contributed by atoms with Crippen molar-refractivity contribution in [1.82, 2.24) is 20.4 Å². The molecule has 2 aromatic heterocycles. The van der Waals surface area contributed by atoms with Crippen LogP contribution in [0.25, 0.3) is 21.3 Å². The zero-order valence-electron chi connectivity index (χ0n) is 15.7. The number of thiophene rings is 1. The number of carbonyl (C=O) groups excluding carboxylic acids is 1. The molecule has 2 saturated heterocycles. The Kier molecular flexibility index (Phi) is 5.01. The number of benzene rings is 1. The Morgan fingerprint density at radius 1 is 1.39 bits per heavy atom. The quantitative estimate of drug-likeness (QED) is 0.463. The van der Waals surface area contributed by atoms with E-state index in [2.05, 4.69) is 58.0 Å². The van der Waals surface area contributed by atoms with Crippen LogP contribution >= 0.6 is 11.3 Å². The molecule has 3 N–H and O–H groups in total. The molecular formula is C20H22N4O3S. The normalized spacial score (nSPS) is 23.6. The summed E-state index contributed by atoms with van der Waals surface area (Å²) in [6, 6.07) is 9.00. The number of hydrogen-bond donors (Lipinski definition) is 3. The molecule has 0 radical (unpaired) electrons. The Morgan fingerprint density at radius 2 is 2.18 bits per heavy atom. The van der Waals surface area contributed by atoms with Gasteiger partial charge in [0.15, 0.2) is 0 Å². The lowest BCUT2D eigenvalue weighted by atomic mass is 10.00. The second kappa shape index (κ2) is 7.46. The van der Waals surface area contributed by atoms with Crippen molar-refractivity contribution in [2.75, 3.05) is 13.6 Å². The van der Waals surface area contributed by atoms with Gasteiger partial charge >= 0.3 is 0 Å². The van der Waals surface area contributed by atoms with Crippen LogP contribution < -0.4 is 5.32 Å². The largest absolute Gasteiger partial charge is 0.483 e. The summed E-state index contributed by atoms with van der Waals surface area (Å²) in [6.07, 6.45) is 1.05. The van der Waals surface area contributed by atoms with Crippen LogP contribution in [0.15, 0.2) is 29.6 Å². The third kappa shape index (κ3) is 3.13. The molecule has 28 heavy (non-hydrogen) atoms. The van der Waals surface area contributed by atoms with Crippen LogP contribution in [0.2, 0.25) is 0 Å². The van der Waals surface area contributed by atoms with Gasteiger partial charge < -0.3 is 10.4 Å². The van der Waals surface area contributed by atoms with Crippen LogP contribution in [0.1, 0.15) is 22.5 Å². The number of nitrogens with one attached hydrogen (secondary N) is 2. The predicted molar refractivity (Wildman–Crippen MR) is 109 cm³/mol. The first-order valence-corrected chi connectivity index (χ1v) is 10.0. The molecule has 3 aromatic rings. The Balaban J connectivity index is 0.000000604. The summed E-state index contributed by atoms with van der Waals surface area (Å²) in [7, 11) is 2.06. The summed E-state index contributed by atoms with van der Waals surface area (Å²) in [5, 5.41) is 20.9. The minimum absolute atomic E-state index is 0.107. The Labute approximate surface area is 166 Å². The van der Waals surface area contributed by atoms with Gasteiger partial charge in [-0.25, -0.2) is 0 Å². The van der Waals surface area contributed by atoms with Gasteiger partial charge in [-0.3, -0.25) is 19.6 Å². The lowest BCUT2D eigenvalue weighted by Gasteiger charge is -2.30. The molecule has 0 aliphatic carbocycles. The van der Waals surface area contributed by atoms with Gasteiger partial charge in [0, 0.05) is 28.9 Å². The number of carbonyl (C=O) groups is 2. The van der Waals surface area contributed by atoms with Crippen LogP contribution in [0.4, 0.5) is 0 Å². The number of fused-ring (bicyclic) bond motifs is 3. The second-order valence-corrected chi connectivity index (χ2v) is 8.22. The number of ketones is 1. The molecule has 0 saturated carbocycles. The number of likely N-dealkylation sites (tertiary alicyclic amines) is 1. The molecule has 0 amide bonds. The summed E-state index contributed by atoms with van der Waals surface area (Å²) in [5.41, 5.74) is 3.92. The second-order valence-electron chi connectivity index (χ2n) is 7.31. The number of H-pyrrole nitrogens is 1. The van der Waals surface area contributed by atoms with Gasteiger partial charge in [0.2, 0.25) is 5.78 Å². The highest BCUT2D eigenvalue weighted by molar-refractivity contribution is 7.13. The fourth-order valence-electron chi connectivity index (χ4n) is 4.26. The monoisotopic (exact) mass is 398 g/mol. The van der Waals surface area contributed by atoms with Crippen molar-refractivity contribution in [3.8, 4) is 10.4 Å². The van der Waals surface area contributed by atoms with Crippen LogP contribution in [-0.4, -0.2) is 64.2 Å². The van der Waals surface area contributed by atoms with E-state index in [1.807, 2.05) is 6.07 Å². The fourth-order valence-corrected chi connectivity index (χ4v) is 5.16. The van der Waals surface area contributed by atoms with Crippen molar-refractivity contribution in [3.05, 3.63) is 40.9 Å². The summed E-state index contributed by atoms with van der Waals surface area (Å²) in [4.78, 5) is 24.9. The molecule has 3 atom stereocenters. The maximum Gasteiger partial charge on any atom is 0.290 e. The van der Waals surface area contributed by atoms with Crippen molar-refractivity contribution in [1.29, 1.82) is 0 Å². The van der Waals surface area contributed by atoms with E-state index in [1.165, 1.54) is 10.4 Å². The number of piperazine rings is 1. The van der Waals surface area contributed by atoms with Gasteiger partial charge in [0.1, 0.15) is 5.69 Å². The molecule has 2 aliphatic heterocycles. The molecule has 146 valence electrons. The first-order chi connectivity index (χ1) is 13.5. The van der Waals surface area contributed by atoms with E-state index in [-0.39, 0.29) is 24.3 Å². The Hall–Kier alpha value is -2.55. The predicted octanol–water partition coefficient (Wildman–Crippen LogP) is 2.53. The number of nitrogens with zero attached hydrogens (tertiary/aromatic N) is 2. The van der Waals surface area contributed by atoms with Crippen molar-refractivity contribution in [3.63, 3.8) is 0 Å². The lowest BCUT2D eigenvalue weighted by molar-refractivity contribution is -0.122. The van der Waals surface area contributed by atoms with Crippen LogP contribution in [0.5, 0.6) is 0 Å². The lowest BCUT2D eigenvalue weighted by Crippen LogP contribution is -2.53. The molecule has 4 heterocycles. The molecule has 0 spiro atoms. The molecule has 2 bridgehead atoms. The number of aromatic nitrogens is 2. The van der Waals surface area contributed by atoms with Crippen LogP contribution in [0, 0.1) is 6.92 Å². The number of likely N-dealkylation sites (N-methyl/N-ethyl adjacent to an activating group) is 1. The van der Waals surface area contributed by atoms with Crippen molar-refractivity contribution in [2.45, 2.75) is 31.5 Å². The van der Waals surface area contributed by atoms with Crippen molar-refractivity contribution >= 4 is 34.5 Å². The molecule has 5 rings (SSSR count). The zero-order chi connectivity index (χ0) is 19.8. The molecular weight excluding hydrogens is 376 g/mol. The highest BCUT2D eigenvalue weighted by Gasteiger charge is 2.48. The number of carboxylic acid groups (broad SMARTS) is 1. The highest BCUT2D eigenvalue weighted by atomic mass is 32.1. The summed E-state index contributed by atoms with van der Waals surface area (Å²) < 4.78 is 0. The molecule has 2 fully saturated rings. The van der Waals surface area contributed by atoms with Crippen molar-refractivity contribution < 1.29 is 14.7 Å². The fraction of sp³-hybridized carbons (Fsp3) is 0.350. The van der Waals surface area contributed by atoms with E-state index in [1.54, 1.807) is 11.3 Å². The number of rotatable bonds is 3. The molecule has 8 heteroatoms. The Morgan fingerprint density at radius 3 is 2.82 bits per heavy atom. The average Bonchev–Trinajstić information content (AvgIpc) is 3.44. The SMILES string of the molecule is Cc1csc(-c2ccc3c(C(=O)C4[C@H]5C[C@@H](CN5)N4C)n[nH]c3c2)c1.O=CO. The average molecular weight is 398 g/mol. The molecule has 1 unspecified atom stereocenters. The standard InChI is InChI=1S/C19H20N4OS.CH2O2/c1-10-5-16(25-9-10)11-3-4-13-14(6-11)21-22-17(13)19(24)18-15-7-12(8-20-15)23(18)2;2-1-3/h3-6,9,12,15,18,20H,7-8H2,1-2H3,(H,21,22);1H,(H,2,3)/t12-,15+,18?;/m0./s1. The van der Waals surface area contributed by atoms with E-state index in [0.29, 0.717) is 11.7 Å². The summed E-state index contributed by atoms with van der Waals surface area (Å²) in [6.45, 7) is 2.83. The van der Waals surface area contributed by atoms with Gasteiger partial charge in [-0.15, -0.1) is 11.3 Å². The first-order valence-electron chi connectivity index (χ1n) is 9.14. The number of aromatic amines is 1.